The molecule has 2 heterocycles. The molecule has 1 fully saturated rings. The minimum Gasteiger partial charge on any atom is -0.393 e. The van der Waals surface area contributed by atoms with Crippen LogP contribution in [0.3, 0.4) is 0 Å². The lowest BCUT2D eigenvalue weighted by Crippen LogP contribution is -2.45. The first-order valence-corrected chi connectivity index (χ1v) is 5.36. The van der Waals surface area contributed by atoms with Crippen molar-refractivity contribution < 1.29 is 19.3 Å². The molecule has 0 bridgehead atoms. The third-order valence-electron chi connectivity index (χ3n) is 3.06. The van der Waals surface area contributed by atoms with Crippen molar-refractivity contribution in [1.29, 1.82) is 0 Å². The number of ether oxygens (including phenoxy) is 1. The topological polar surface area (TPSA) is 105 Å². The fraction of sp³-hybridized carbons (Fsp3) is 0.600. The first kappa shape index (κ1) is 12.9. The second-order valence-electron chi connectivity index (χ2n) is 4.20. The summed E-state index contributed by atoms with van der Waals surface area (Å²) in [4.78, 5) is 24.4. The highest BCUT2D eigenvalue weighted by molar-refractivity contribution is 4.96. The quantitative estimate of drug-likeness (QED) is 0.614. The van der Waals surface area contributed by atoms with Crippen LogP contribution in [-0.4, -0.2) is 44.8 Å². The summed E-state index contributed by atoms with van der Waals surface area (Å²) in [6, 6.07) is 1.12. The average Bonchev–Trinajstić information content (AvgIpc) is 2.67. The molecule has 0 amide bonds. The van der Waals surface area contributed by atoms with Crippen molar-refractivity contribution >= 4 is 0 Å². The molecule has 0 saturated carbocycles. The van der Waals surface area contributed by atoms with Crippen LogP contribution in [0.2, 0.25) is 0 Å². The van der Waals surface area contributed by atoms with Crippen LogP contribution in [0.15, 0.2) is 21.9 Å². The Morgan fingerprint density at radius 3 is 2.83 bits per heavy atom. The van der Waals surface area contributed by atoms with Crippen molar-refractivity contribution in [2.75, 3.05) is 13.3 Å². The molecule has 100 valence electrons. The van der Waals surface area contributed by atoms with Crippen molar-refractivity contribution in [1.82, 2.24) is 9.55 Å². The number of H-pyrrole nitrogens is 1. The van der Waals surface area contributed by atoms with E-state index in [0.29, 0.717) is 0 Å². The smallest absolute Gasteiger partial charge is 0.330 e. The van der Waals surface area contributed by atoms with Gasteiger partial charge in [-0.2, -0.15) is 0 Å². The van der Waals surface area contributed by atoms with Gasteiger partial charge in [0, 0.05) is 18.7 Å². The molecule has 1 aliphatic rings. The molecule has 1 aromatic heterocycles. The Hall–Kier alpha value is -1.51. The van der Waals surface area contributed by atoms with E-state index in [1.54, 1.807) is 0 Å². The van der Waals surface area contributed by atoms with E-state index >= 15 is 0 Å². The molecular formula is C10H13FN2O5. The van der Waals surface area contributed by atoms with E-state index in [1.807, 2.05) is 4.98 Å². The Morgan fingerprint density at radius 1 is 1.61 bits per heavy atom. The molecule has 0 aromatic carbocycles. The molecule has 1 saturated heterocycles. The molecule has 1 aromatic rings. The predicted octanol–water partition coefficient (Wildman–Crippen LogP) is -1.48. The lowest BCUT2D eigenvalue weighted by Gasteiger charge is -2.26. The van der Waals surface area contributed by atoms with Gasteiger partial charge in [-0.1, -0.05) is 0 Å². The minimum atomic E-state index is -1.71. The maximum Gasteiger partial charge on any atom is 0.330 e. The maximum atomic E-state index is 12.9. The van der Waals surface area contributed by atoms with Gasteiger partial charge in [0.1, 0.15) is 18.5 Å². The number of aromatic amines is 1. The Balaban J connectivity index is 2.32. The van der Waals surface area contributed by atoms with Crippen molar-refractivity contribution in [2.45, 2.75) is 24.4 Å². The molecular weight excluding hydrogens is 247 g/mol. The van der Waals surface area contributed by atoms with Gasteiger partial charge in [0.15, 0.2) is 0 Å². The van der Waals surface area contributed by atoms with Gasteiger partial charge < -0.3 is 14.9 Å². The molecule has 3 N–H and O–H groups in total. The molecule has 7 nitrogen and oxygen atoms in total. The summed E-state index contributed by atoms with van der Waals surface area (Å²) in [6.45, 7) is -1.77. The largest absolute Gasteiger partial charge is 0.393 e. The van der Waals surface area contributed by atoms with Gasteiger partial charge >= 0.3 is 5.69 Å². The number of alkyl halides is 1. The van der Waals surface area contributed by atoms with E-state index < -0.39 is 42.5 Å². The second kappa shape index (κ2) is 4.63. The first-order valence-electron chi connectivity index (χ1n) is 5.36. The number of hydrogen-bond acceptors (Lipinski definition) is 5. The second-order valence-corrected chi connectivity index (χ2v) is 4.20. The zero-order chi connectivity index (χ0) is 13.3. The monoisotopic (exact) mass is 260 g/mol. The molecule has 8 heteroatoms. The van der Waals surface area contributed by atoms with Crippen LogP contribution < -0.4 is 11.2 Å². The van der Waals surface area contributed by atoms with E-state index in [1.165, 1.54) is 6.20 Å². The third kappa shape index (κ3) is 1.98. The predicted molar refractivity (Wildman–Crippen MR) is 57.9 cm³/mol. The lowest BCUT2D eigenvalue weighted by molar-refractivity contribution is -0.138. The summed E-state index contributed by atoms with van der Waals surface area (Å²) in [5.74, 6) is 0. The summed E-state index contributed by atoms with van der Waals surface area (Å²) in [5.41, 5.74) is -2.98. The first-order chi connectivity index (χ1) is 8.52. The summed E-state index contributed by atoms with van der Waals surface area (Å²) in [7, 11) is 0. The van der Waals surface area contributed by atoms with Crippen molar-refractivity contribution in [3.05, 3.63) is 33.1 Å². The van der Waals surface area contributed by atoms with E-state index in [0.717, 1.165) is 10.6 Å². The summed E-state index contributed by atoms with van der Waals surface area (Å²) < 4.78 is 19.1. The fourth-order valence-electron chi connectivity index (χ4n) is 1.93. The van der Waals surface area contributed by atoms with Gasteiger partial charge in [-0.15, -0.1) is 0 Å². The van der Waals surface area contributed by atoms with Crippen LogP contribution in [0.1, 0.15) is 12.6 Å². The average molecular weight is 260 g/mol. The van der Waals surface area contributed by atoms with Gasteiger partial charge in [-0.25, -0.2) is 9.18 Å². The minimum absolute atomic E-state index is 0.0452. The van der Waals surface area contributed by atoms with E-state index in [-0.39, 0.29) is 6.42 Å². The van der Waals surface area contributed by atoms with E-state index in [2.05, 4.69) is 0 Å². The van der Waals surface area contributed by atoms with Gasteiger partial charge in [0.05, 0.1) is 12.7 Å². The molecule has 0 aliphatic carbocycles. The highest BCUT2D eigenvalue weighted by atomic mass is 19.1. The molecule has 3 unspecified atom stereocenters. The van der Waals surface area contributed by atoms with Crippen molar-refractivity contribution in [2.24, 2.45) is 0 Å². The van der Waals surface area contributed by atoms with Crippen LogP contribution >= 0.6 is 0 Å². The van der Waals surface area contributed by atoms with Crippen molar-refractivity contribution in [3.63, 3.8) is 0 Å². The Morgan fingerprint density at radius 2 is 2.33 bits per heavy atom. The van der Waals surface area contributed by atoms with Crippen LogP contribution in [0.4, 0.5) is 4.39 Å². The number of halogens is 1. The molecule has 18 heavy (non-hydrogen) atoms. The summed E-state index contributed by atoms with van der Waals surface area (Å²) in [6.07, 6.45) is -0.996. The zero-order valence-corrected chi connectivity index (χ0v) is 9.38. The molecule has 3 atom stereocenters. The number of aliphatic hydroxyl groups excluding tert-OH is 2. The molecule has 1 aliphatic heterocycles. The SMILES string of the molecule is O=c1ccn(C2CC(O)C(CO)(CF)O2)c(=O)[nH]1. The van der Waals surface area contributed by atoms with Crippen molar-refractivity contribution in [3.8, 4) is 0 Å². The number of aliphatic hydroxyl groups is 2. The van der Waals surface area contributed by atoms with E-state index in [4.69, 9.17) is 9.84 Å². The highest BCUT2D eigenvalue weighted by Gasteiger charge is 2.49. The van der Waals surface area contributed by atoms with Gasteiger partial charge in [-0.3, -0.25) is 14.3 Å². The number of aromatic nitrogens is 2. The van der Waals surface area contributed by atoms with Crippen LogP contribution in [-0.2, 0) is 4.74 Å². The fourth-order valence-corrected chi connectivity index (χ4v) is 1.93. The third-order valence-corrected chi connectivity index (χ3v) is 3.06. The summed E-state index contributed by atoms with van der Waals surface area (Å²) in [5, 5.41) is 18.8. The number of rotatable bonds is 3. The number of hydrogen-bond donors (Lipinski definition) is 3. The van der Waals surface area contributed by atoms with Crippen LogP contribution in [0.25, 0.3) is 0 Å². The summed E-state index contributed by atoms with van der Waals surface area (Å²) >= 11 is 0. The Labute approximate surface area is 100 Å². The number of nitrogens with zero attached hydrogens (tertiary/aromatic N) is 1. The zero-order valence-electron chi connectivity index (χ0n) is 9.38. The molecule has 0 radical (unpaired) electrons. The maximum absolute atomic E-state index is 12.9. The van der Waals surface area contributed by atoms with Crippen LogP contribution in [0, 0.1) is 0 Å². The normalized spacial score (nSPS) is 31.7. The lowest BCUT2D eigenvalue weighted by atomic mass is 10.00. The van der Waals surface area contributed by atoms with Crippen LogP contribution in [0.5, 0.6) is 0 Å². The van der Waals surface area contributed by atoms with Gasteiger partial charge in [-0.05, 0) is 0 Å². The Bertz CT molecular complexity index is 536. The van der Waals surface area contributed by atoms with Gasteiger partial charge in [0.2, 0.25) is 0 Å². The molecule has 0 spiro atoms. The van der Waals surface area contributed by atoms with E-state index in [9.17, 15) is 19.1 Å². The van der Waals surface area contributed by atoms with Gasteiger partial charge in [0.25, 0.3) is 5.56 Å². The Kier molecular flexibility index (Phi) is 3.33. The standard InChI is InChI=1S/C10H13FN2O5/c11-4-10(5-14)6(15)3-8(18-10)13-2-1-7(16)12-9(13)17/h1-2,6,8,14-15H,3-5H2,(H,12,16,17). The number of nitrogens with one attached hydrogen (secondary N) is 1. The highest BCUT2D eigenvalue weighted by Crippen LogP contribution is 2.36. The molecule has 2 rings (SSSR count).